The zero-order valence-electron chi connectivity index (χ0n) is 27.2. The predicted octanol–water partition coefficient (Wildman–Crippen LogP) is 3.49. The highest BCUT2D eigenvalue weighted by Gasteiger charge is 2.56. The van der Waals surface area contributed by atoms with Gasteiger partial charge in [0.15, 0.2) is 11.7 Å². The minimum atomic E-state index is -4.02. The number of aliphatic hydroxyl groups is 2. The minimum absolute atomic E-state index is 0.0729. The van der Waals surface area contributed by atoms with E-state index in [0.717, 1.165) is 32.1 Å². The number of fused-ring (bicyclic) bond motifs is 7. The smallest absolute Gasteiger partial charge is 0.270 e. The van der Waals surface area contributed by atoms with E-state index in [2.05, 4.69) is 15.7 Å². The van der Waals surface area contributed by atoms with Gasteiger partial charge in [0.05, 0.1) is 23.2 Å². The molecule has 1 saturated heterocycles. The Morgan fingerprint density at radius 3 is 2.73 bits per heavy atom. The SMILES string of the molecule is CN1CC/C=C\[C@H](O)[C@@H]2CC[C@H]2CN2\C=C/C(=C\C=C3\OC3[C@]3(CCCc4cc(Cl)ccc43)C2)[C@@](O)(C(=O)NS(=O)(=O)C2CC2)CC1=O. The van der Waals surface area contributed by atoms with E-state index in [0.29, 0.717) is 49.7 Å². The first-order valence-corrected chi connectivity index (χ1v) is 19.0. The van der Waals surface area contributed by atoms with Crippen molar-refractivity contribution in [3.8, 4) is 0 Å². The van der Waals surface area contributed by atoms with Crippen LogP contribution in [-0.4, -0.2) is 90.0 Å². The van der Waals surface area contributed by atoms with Crippen LogP contribution in [0.5, 0.6) is 0 Å². The molecule has 48 heavy (non-hydrogen) atoms. The third-order valence-corrected chi connectivity index (χ3v) is 13.3. The van der Waals surface area contributed by atoms with Gasteiger partial charge in [0.2, 0.25) is 15.9 Å². The van der Waals surface area contributed by atoms with Crippen molar-refractivity contribution >= 4 is 33.4 Å². The van der Waals surface area contributed by atoms with E-state index in [4.69, 9.17) is 16.3 Å². The van der Waals surface area contributed by atoms with Gasteiger partial charge in [0, 0.05) is 31.7 Å². The second kappa shape index (κ2) is 12.6. The zero-order chi connectivity index (χ0) is 33.8. The van der Waals surface area contributed by atoms with E-state index in [1.165, 1.54) is 16.0 Å². The van der Waals surface area contributed by atoms with Crippen LogP contribution in [0.15, 0.2) is 66.1 Å². The summed E-state index contributed by atoms with van der Waals surface area (Å²) in [7, 11) is -2.44. The van der Waals surface area contributed by atoms with Crippen molar-refractivity contribution in [2.75, 3.05) is 26.7 Å². The van der Waals surface area contributed by atoms with Gasteiger partial charge >= 0.3 is 0 Å². The maximum atomic E-state index is 13.8. The molecular weight excluding hydrogens is 654 g/mol. The lowest BCUT2D eigenvalue weighted by atomic mass is 9.66. The van der Waals surface area contributed by atoms with Gasteiger partial charge in [-0.25, -0.2) is 8.42 Å². The number of hydrogen-bond acceptors (Lipinski definition) is 8. The van der Waals surface area contributed by atoms with Crippen LogP contribution in [0.1, 0.15) is 62.5 Å². The number of nitrogens with zero attached hydrogens (tertiary/aromatic N) is 2. The molecule has 3 heterocycles. The highest BCUT2D eigenvalue weighted by molar-refractivity contribution is 7.91. The van der Waals surface area contributed by atoms with Gasteiger partial charge in [0.1, 0.15) is 5.76 Å². The fourth-order valence-corrected chi connectivity index (χ4v) is 9.58. The molecule has 2 amide bonds. The molecule has 3 aliphatic carbocycles. The van der Waals surface area contributed by atoms with E-state index >= 15 is 0 Å². The number of nitrogens with one attached hydrogen (secondary N) is 1. The third-order valence-electron chi connectivity index (χ3n) is 11.2. The van der Waals surface area contributed by atoms with E-state index in [-0.39, 0.29) is 28.9 Å². The number of halogens is 1. The Kier molecular flexibility index (Phi) is 8.79. The van der Waals surface area contributed by atoms with Crippen molar-refractivity contribution in [3.05, 3.63) is 82.3 Å². The molecule has 1 aromatic carbocycles. The minimum Gasteiger partial charge on any atom is -0.482 e. The Bertz CT molecular complexity index is 1720. The van der Waals surface area contributed by atoms with Gasteiger partial charge in [-0.1, -0.05) is 35.9 Å². The lowest BCUT2D eigenvalue weighted by molar-refractivity contribution is -0.143. The normalized spacial score (nSPS) is 37.3. The number of allylic oxidation sites excluding steroid dienone is 2. The summed E-state index contributed by atoms with van der Waals surface area (Å²) in [6.45, 7) is 1.49. The summed E-state index contributed by atoms with van der Waals surface area (Å²) >= 11 is 6.43. The van der Waals surface area contributed by atoms with Gasteiger partial charge < -0.3 is 24.7 Å². The summed E-state index contributed by atoms with van der Waals surface area (Å²) in [5.41, 5.74) is -0.390. The molecule has 3 fully saturated rings. The van der Waals surface area contributed by atoms with Gasteiger partial charge in [-0.2, -0.15) is 0 Å². The van der Waals surface area contributed by atoms with Crippen LogP contribution >= 0.6 is 11.6 Å². The Hall–Kier alpha value is -3.12. The fourth-order valence-electron chi connectivity index (χ4n) is 8.03. The summed E-state index contributed by atoms with van der Waals surface area (Å²) in [5, 5.41) is 23.3. The molecule has 2 bridgehead atoms. The molecule has 10 nitrogen and oxygen atoms in total. The predicted molar refractivity (Wildman–Crippen MR) is 181 cm³/mol. The van der Waals surface area contributed by atoms with Crippen LogP contribution < -0.4 is 4.72 Å². The largest absolute Gasteiger partial charge is 0.482 e. The van der Waals surface area contributed by atoms with Crippen molar-refractivity contribution in [1.29, 1.82) is 0 Å². The molecular formula is C36H44ClN3O7S. The molecule has 0 aromatic heterocycles. The van der Waals surface area contributed by atoms with Gasteiger partial charge in [-0.3, -0.25) is 14.3 Å². The second-order valence-electron chi connectivity index (χ2n) is 14.5. The Labute approximate surface area is 287 Å². The number of hydrogen-bond donors (Lipinski definition) is 3. The number of sulfonamides is 1. The monoisotopic (exact) mass is 697 g/mol. The molecule has 0 radical (unpaired) electrons. The average molecular weight is 698 g/mol. The van der Waals surface area contributed by atoms with Crippen LogP contribution in [-0.2, 0) is 36.2 Å². The first kappa shape index (κ1) is 33.4. The number of epoxide rings is 1. The van der Waals surface area contributed by atoms with Crippen LogP contribution in [0.4, 0.5) is 0 Å². The van der Waals surface area contributed by atoms with Crippen molar-refractivity contribution < 1.29 is 33.0 Å². The van der Waals surface area contributed by atoms with Crippen molar-refractivity contribution in [2.24, 2.45) is 11.8 Å². The molecule has 3 N–H and O–H groups in total. The number of ether oxygens (including phenoxy) is 1. The van der Waals surface area contributed by atoms with Gasteiger partial charge in [-0.15, -0.1) is 0 Å². The maximum absolute atomic E-state index is 13.8. The van der Waals surface area contributed by atoms with Crippen molar-refractivity contribution in [1.82, 2.24) is 14.5 Å². The molecule has 6 aliphatic rings. The molecule has 1 aromatic rings. The summed E-state index contributed by atoms with van der Waals surface area (Å²) in [6.07, 6.45) is 14.9. The number of aryl methyl sites for hydroxylation is 1. The summed E-state index contributed by atoms with van der Waals surface area (Å²) < 4.78 is 34.2. The molecule has 3 aliphatic heterocycles. The summed E-state index contributed by atoms with van der Waals surface area (Å²) in [6, 6.07) is 6.07. The number of amides is 2. The second-order valence-corrected chi connectivity index (χ2v) is 16.9. The van der Waals surface area contributed by atoms with Gasteiger partial charge in [-0.05, 0) is 110 Å². The van der Waals surface area contributed by atoms with E-state index in [9.17, 15) is 28.2 Å². The fraction of sp³-hybridized carbons (Fsp3) is 0.556. The standard InChI is InChI=1S/C36H44ClN3O7S/c1-39-17-3-2-6-30(41)28-12-7-24(28)21-40-18-15-25(36(44,20-32(39)42)34(43)38-48(45,46)27-10-11-27)8-14-31-33(47-31)35(22-40)16-4-5-23-19-26(37)9-13-29(23)35/h2,6,8-9,13-15,18-19,24,27-28,30,33,41,44H,3-5,7,10-12,16-17,20-22H2,1H3,(H,38,43)/b6-2-,18-15-,25-8+,31-14+/t24-,28+,30-,33?,35+,36+/m0/s1. The Morgan fingerprint density at radius 2 is 1.98 bits per heavy atom. The van der Waals surface area contributed by atoms with Crippen LogP contribution in [0.3, 0.4) is 0 Å². The lowest BCUT2D eigenvalue weighted by Gasteiger charge is -2.45. The quantitative estimate of drug-likeness (QED) is 0.322. The Balaban J connectivity index is 1.33. The third kappa shape index (κ3) is 6.34. The molecule has 1 spiro atoms. The van der Waals surface area contributed by atoms with E-state index in [1.807, 2.05) is 30.5 Å². The van der Waals surface area contributed by atoms with E-state index < -0.39 is 45.2 Å². The number of benzene rings is 1. The highest BCUT2D eigenvalue weighted by atomic mass is 35.5. The van der Waals surface area contributed by atoms with Gasteiger partial charge in [0.25, 0.3) is 5.91 Å². The molecule has 258 valence electrons. The Morgan fingerprint density at radius 1 is 1.17 bits per heavy atom. The topological polar surface area (TPSA) is 140 Å². The average Bonchev–Trinajstić information content (AvgIpc) is 3.94. The molecule has 6 atom stereocenters. The number of carbonyl (C=O) groups excluding carboxylic acids is 2. The molecule has 1 unspecified atom stereocenters. The van der Waals surface area contributed by atoms with E-state index in [1.54, 1.807) is 25.3 Å². The first-order valence-electron chi connectivity index (χ1n) is 17.1. The maximum Gasteiger partial charge on any atom is 0.270 e. The summed E-state index contributed by atoms with van der Waals surface area (Å²) in [4.78, 5) is 31.0. The highest BCUT2D eigenvalue weighted by Crippen LogP contribution is 2.52. The summed E-state index contributed by atoms with van der Waals surface area (Å²) in [5.74, 6) is -0.708. The first-order chi connectivity index (χ1) is 22.9. The lowest BCUT2D eigenvalue weighted by Crippen LogP contribution is -2.53. The van der Waals surface area contributed by atoms with Crippen LogP contribution in [0.25, 0.3) is 0 Å². The molecule has 7 rings (SSSR count). The zero-order valence-corrected chi connectivity index (χ0v) is 28.8. The number of aliphatic hydroxyl groups excluding tert-OH is 1. The molecule has 2 saturated carbocycles. The molecule has 12 heteroatoms. The van der Waals surface area contributed by atoms with Crippen molar-refractivity contribution in [3.63, 3.8) is 0 Å². The van der Waals surface area contributed by atoms with Crippen molar-refractivity contribution in [2.45, 2.75) is 86.3 Å². The number of rotatable bonds is 3. The number of carbonyl (C=O) groups is 2. The van der Waals surface area contributed by atoms with Crippen LogP contribution in [0.2, 0.25) is 5.02 Å². The van der Waals surface area contributed by atoms with Crippen LogP contribution in [0, 0.1) is 11.8 Å².